The molecule has 35 heavy (non-hydrogen) atoms. The van der Waals surface area contributed by atoms with Crippen molar-refractivity contribution in [3.63, 3.8) is 0 Å². The summed E-state index contributed by atoms with van der Waals surface area (Å²) in [4.78, 5) is 39.8. The standard InChI is InChI=1S/C28H32N2O5/c1-18-16-19(25(31)32)12-15-30(18)26(33)28(13-6-7-14-28)29-27(34)35-17-24-22-10-4-2-8-20(22)21-9-3-5-11-23(21)24/h2-5,8-11,18-19,24H,6-7,12-17H2,1H3,(H,29,34)(H,31,32). The van der Waals surface area contributed by atoms with E-state index in [2.05, 4.69) is 29.6 Å². The summed E-state index contributed by atoms with van der Waals surface area (Å²) >= 11 is 0. The molecule has 1 heterocycles. The summed E-state index contributed by atoms with van der Waals surface area (Å²) in [5.74, 6) is -1.39. The van der Waals surface area contributed by atoms with E-state index in [1.54, 1.807) is 4.90 Å². The van der Waals surface area contributed by atoms with Gasteiger partial charge >= 0.3 is 12.1 Å². The third-order valence-electron chi connectivity index (χ3n) is 8.04. The Bertz CT molecular complexity index is 1090. The van der Waals surface area contributed by atoms with Gasteiger partial charge in [0.2, 0.25) is 5.91 Å². The second-order valence-corrected chi connectivity index (χ2v) is 10.1. The molecule has 1 aliphatic heterocycles. The minimum absolute atomic E-state index is 0.0431. The van der Waals surface area contributed by atoms with Crippen LogP contribution in [0.5, 0.6) is 0 Å². The van der Waals surface area contributed by atoms with Gasteiger partial charge in [0.15, 0.2) is 0 Å². The fourth-order valence-corrected chi connectivity index (χ4v) is 6.17. The lowest BCUT2D eigenvalue weighted by molar-refractivity contribution is -0.150. The molecule has 1 saturated carbocycles. The highest BCUT2D eigenvalue weighted by Gasteiger charge is 2.47. The number of carboxylic acids is 1. The largest absolute Gasteiger partial charge is 0.481 e. The molecule has 2 atom stereocenters. The Labute approximate surface area is 205 Å². The first-order valence-corrected chi connectivity index (χ1v) is 12.6. The number of carbonyl (C=O) groups is 3. The maximum absolute atomic E-state index is 13.6. The predicted molar refractivity (Wildman–Crippen MR) is 131 cm³/mol. The number of aliphatic carboxylic acids is 1. The van der Waals surface area contributed by atoms with Crippen LogP contribution in [0.4, 0.5) is 4.79 Å². The van der Waals surface area contributed by atoms with Crippen LogP contribution < -0.4 is 5.32 Å². The van der Waals surface area contributed by atoms with E-state index in [9.17, 15) is 19.5 Å². The van der Waals surface area contributed by atoms with Crippen molar-refractivity contribution < 1.29 is 24.2 Å². The van der Waals surface area contributed by atoms with Crippen LogP contribution in [-0.4, -0.2) is 52.7 Å². The van der Waals surface area contributed by atoms with E-state index in [1.807, 2.05) is 31.2 Å². The molecule has 0 radical (unpaired) electrons. The number of ether oxygens (including phenoxy) is 1. The molecule has 0 bridgehead atoms. The smallest absolute Gasteiger partial charge is 0.408 e. The van der Waals surface area contributed by atoms with Crippen molar-refractivity contribution in [2.45, 2.75) is 62.9 Å². The highest BCUT2D eigenvalue weighted by Crippen LogP contribution is 2.44. The van der Waals surface area contributed by atoms with Gasteiger partial charge in [-0.2, -0.15) is 0 Å². The molecule has 2 unspecified atom stereocenters. The number of carbonyl (C=O) groups excluding carboxylic acids is 2. The molecule has 2 aliphatic carbocycles. The molecule has 7 nitrogen and oxygen atoms in total. The number of carboxylic acid groups (broad SMARTS) is 1. The fraction of sp³-hybridized carbons (Fsp3) is 0.464. The number of alkyl carbamates (subject to hydrolysis) is 1. The number of piperidine rings is 1. The lowest BCUT2D eigenvalue weighted by Gasteiger charge is -2.41. The fourth-order valence-electron chi connectivity index (χ4n) is 6.17. The van der Waals surface area contributed by atoms with Crippen LogP contribution in [0.3, 0.4) is 0 Å². The molecule has 7 heteroatoms. The second kappa shape index (κ2) is 9.36. The third-order valence-corrected chi connectivity index (χ3v) is 8.04. The van der Waals surface area contributed by atoms with Crippen LogP contribution in [-0.2, 0) is 14.3 Å². The number of rotatable bonds is 5. The van der Waals surface area contributed by atoms with Crippen molar-refractivity contribution in [3.05, 3.63) is 59.7 Å². The Morgan fingerprint density at radius 1 is 1.03 bits per heavy atom. The van der Waals surface area contributed by atoms with Crippen LogP contribution in [0.2, 0.25) is 0 Å². The molecule has 2 aromatic rings. The minimum Gasteiger partial charge on any atom is -0.481 e. The molecule has 5 rings (SSSR count). The lowest BCUT2D eigenvalue weighted by atomic mass is 9.88. The first-order valence-electron chi connectivity index (χ1n) is 12.6. The van der Waals surface area contributed by atoms with E-state index in [0.717, 1.165) is 24.0 Å². The van der Waals surface area contributed by atoms with Gasteiger partial charge in [0, 0.05) is 18.5 Å². The topological polar surface area (TPSA) is 95.9 Å². The zero-order valence-electron chi connectivity index (χ0n) is 20.0. The first kappa shape index (κ1) is 23.4. The van der Waals surface area contributed by atoms with E-state index in [4.69, 9.17) is 4.74 Å². The molecule has 2 N–H and O–H groups in total. The van der Waals surface area contributed by atoms with Gasteiger partial charge in [-0.3, -0.25) is 9.59 Å². The Morgan fingerprint density at radius 3 is 2.20 bits per heavy atom. The maximum Gasteiger partial charge on any atom is 0.408 e. The monoisotopic (exact) mass is 476 g/mol. The molecule has 1 saturated heterocycles. The summed E-state index contributed by atoms with van der Waals surface area (Å²) in [6, 6.07) is 16.2. The summed E-state index contributed by atoms with van der Waals surface area (Å²) < 4.78 is 5.74. The van der Waals surface area contributed by atoms with Gasteiger partial charge in [-0.05, 0) is 54.9 Å². The van der Waals surface area contributed by atoms with Crippen molar-refractivity contribution >= 4 is 18.0 Å². The average molecular weight is 477 g/mol. The predicted octanol–water partition coefficient (Wildman–Crippen LogP) is 4.55. The Balaban J connectivity index is 1.27. The summed E-state index contributed by atoms with van der Waals surface area (Å²) in [7, 11) is 0. The van der Waals surface area contributed by atoms with Crippen molar-refractivity contribution in [2.75, 3.05) is 13.2 Å². The van der Waals surface area contributed by atoms with E-state index in [1.165, 1.54) is 11.1 Å². The van der Waals surface area contributed by atoms with Gasteiger partial charge in [-0.25, -0.2) is 4.79 Å². The van der Waals surface area contributed by atoms with Crippen molar-refractivity contribution in [1.82, 2.24) is 10.2 Å². The molecule has 3 aliphatic rings. The number of benzene rings is 2. The van der Waals surface area contributed by atoms with Gasteiger partial charge in [-0.1, -0.05) is 61.4 Å². The van der Waals surface area contributed by atoms with Crippen LogP contribution in [0.25, 0.3) is 11.1 Å². The van der Waals surface area contributed by atoms with Gasteiger partial charge in [0.25, 0.3) is 0 Å². The van der Waals surface area contributed by atoms with E-state index in [-0.39, 0.29) is 24.5 Å². The molecule has 2 aromatic carbocycles. The van der Waals surface area contributed by atoms with Crippen LogP contribution in [0.15, 0.2) is 48.5 Å². The lowest BCUT2D eigenvalue weighted by Crippen LogP contribution is -2.61. The highest BCUT2D eigenvalue weighted by atomic mass is 16.5. The second-order valence-electron chi connectivity index (χ2n) is 10.1. The number of hydrogen-bond acceptors (Lipinski definition) is 4. The van der Waals surface area contributed by atoms with E-state index in [0.29, 0.717) is 32.2 Å². The zero-order valence-corrected chi connectivity index (χ0v) is 20.0. The Morgan fingerprint density at radius 2 is 1.63 bits per heavy atom. The van der Waals surface area contributed by atoms with E-state index >= 15 is 0 Å². The highest BCUT2D eigenvalue weighted by molar-refractivity contribution is 5.91. The van der Waals surface area contributed by atoms with Crippen molar-refractivity contribution in [3.8, 4) is 11.1 Å². The Hall–Kier alpha value is -3.35. The van der Waals surface area contributed by atoms with Gasteiger partial charge in [0.05, 0.1) is 5.92 Å². The molecule has 2 amide bonds. The zero-order chi connectivity index (χ0) is 24.6. The minimum atomic E-state index is -0.979. The summed E-state index contributed by atoms with van der Waals surface area (Å²) in [5, 5.41) is 12.3. The van der Waals surface area contributed by atoms with Crippen LogP contribution in [0, 0.1) is 5.92 Å². The SMILES string of the molecule is CC1CC(C(=O)O)CCN1C(=O)C1(NC(=O)OCC2c3ccccc3-c3ccccc32)CCCC1. The average Bonchev–Trinajstić information content (AvgIpc) is 3.46. The summed E-state index contributed by atoms with van der Waals surface area (Å²) in [6.45, 7) is 2.48. The van der Waals surface area contributed by atoms with Gasteiger partial charge < -0.3 is 20.1 Å². The van der Waals surface area contributed by atoms with Crippen molar-refractivity contribution in [2.24, 2.45) is 5.92 Å². The van der Waals surface area contributed by atoms with Crippen LogP contribution in [0.1, 0.15) is 62.5 Å². The number of nitrogens with one attached hydrogen (secondary N) is 1. The number of nitrogens with zero attached hydrogens (tertiary/aromatic N) is 1. The summed E-state index contributed by atoms with van der Waals surface area (Å²) in [6.07, 6.45) is 3.15. The number of likely N-dealkylation sites (tertiary alicyclic amines) is 1. The van der Waals surface area contributed by atoms with Gasteiger partial charge in [-0.15, -0.1) is 0 Å². The Kier molecular flexibility index (Phi) is 6.26. The molecule has 0 spiro atoms. The van der Waals surface area contributed by atoms with Gasteiger partial charge in [0.1, 0.15) is 12.1 Å². The normalized spacial score (nSPS) is 22.8. The van der Waals surface area contributed by atoms with Crippen molar-refractivity contribution in [1.29, 1.82) is 0 Å². The summed E-state index contributed by atoms with van der Waals surface area (Å²) in [5.41, 5.74) is 3.63. The molecule has 0 aromatic heterocycles. The molecular formula is C28H32N2O5. The number of fused-ring (bicyclic) bond motifs is 3. The molecule has 2 fully saturated rings. The first-order chi connectivity index (χ1) is 16.9. The number of hydrogen-bond donors (Lipinski definition) is 2. The third kappa shape index (κ3) is 4.28. The molecular weight excluding hydrogens is 444 g/mol. The van der Waals surface area contributed by atoms with E-state index < -0.39 is 23.5 Å². The quantitative estimate of drug-likeness (QED) is 0.660. The van der Waals surface area contributed by atoms with Crippen LogP contribution >= 0.6 is 0 Å². The molecule has 184 valence electrons. The number of amides is 2. The maximum atomic E-state index is 13.6.